The fourth-order valence-electron chi connectivity index (χ4n) is 3.46. The summed E-state index contributed by atoms with van der Waals surface area (Å²) in [6.07, 6.45) is 5.54. The molecule has 1 aliphatic heterocycles. The lowest BCUT2D eigenvalue weighted by molar-refractivity contribution is -0.134. The van der Waals surface area contributed by atoms with Gasteiger partial charge in [-0.05, 0) is 25.7 Å². The Morgan fingerprint density at radius 1 is 1.20 bits per heavy atom. The molecule has 2 fully saturated rings. The molecule has 5 nitrogen and oxygen atoms in total. The van der Waals surface area contributed by atoms with Crippen LogP contribution in [-0.4, -0.2) is 30.1 Å². The zero-order valence-electron chi connectivity index (χ0n) is 12.5. The maximum absolute atomic E-state index is 12.3. The van der Waals surface area contributed by atoms with Crippen molar-refractivity contribution in [2.24, 2.45) is 17.6 Å². The van der Waals surface area contributed by atoms with Gasteiger partial charge < -0.3 is 15.8 Å². The van der Waals surface area contributed by atoms with Crippen molar-refractivity contribution in [3.8, 4) is 0 Å². The van der Waals surface area contributed by atoms with Gasteiger partial charge in [-0.2, -0.15) is 0 Å². The molecule has 3 atom stereocenters. The van der Waals surface area contributed by atoms with Crippen LogP contribution in [0.4, 0.5) is 0 Å². The third kappa shape index (κ3) is 2.97. The van der Waals surface area contributed by atoms with Crippen molar-refractivity contribution in [2.45, 2.75) is 64.1 Å². The van der Waals surface area contributed by atoms with Crippen molar-refractivity contribution in [3.63, 3.8) is 0 Å². The average molecular weight is 282 g/mol. The second-order valence-corrected chi connectivity index (χ2v) is 6.02. The zero-order valence-corrected chi connectivity index (χ0v) is 12.5. The molecule has 114 valence electrons. The van der Waals surface area contributed by atoms with Crippen LogP contribution in [0.1, 0.15) is 52.4 Å². The number of hydrogen-bond acceptors (Lipinski definition) is 3. The van der Waals surface area contributed by atoms with Gasteiger partial charge in [0.15, 0.2) is 0 Å². The van der Waals surface area contributed by atoms with Crippen LogP contribution in [0.3, 0.4) is 0 Å². The molecule has 0 aromatic heterocycles. The van der Waals surface area contributed by atoms with Crippen molar-refractivity contribution in [1.29, 1.82) is 0 Å². The minimum atomic E-state index is -0.344. The highest BCUT2D eigenvalue weighted by molar-refractivity contribution is 5.87. The standard InChI is InChI=1S/C15H26N2O3/c1-3-15(4-2)12(20-15)9-17-14(19)11-8-6-5-7-10(11)13(16)18/h10-12H,3-9H2,1-2H3,(H2,16,18)(H,17,19). The van der Waals surface area contributed by atoms with Crippen molar-refractivity contribution >= 4 is 11.8 Å². The molecule has 2 rings (SSSR count). The first kappa shape index (κ1) is 15.3. The Hall–Kier alpha value is -1.10. The molecule has 0 bridgehead atoms. The van der Waals surface area contributed by atoms with Crippen LogP contribution < -0.4 is 11.1 Å². The summed E-state index contributed by atoms with van der Waals surface area (Å²) in [4.78, 5) is 23.7. The Balaban J connectivity index is 1.84. The van der Waals surface area contributed by atoms with Gasteiger partial charge in [-0.25, -0.2) is 0 Å². The Kier molecular flexibility index (Phi) is 4.68. The smallest absolute Gasteiger partial charge is 0.224 e. The van der Waals surface area contributed by atoms with Gasteiger partial charge in [0.1, 0.15) is 6.10 Å². The van der Waals surface area contributed by atoms with Crippen LogP contribution >= 0.6 is 0 Å². The molecule has 1 saturated heterocycles. The van der Waals surface area contributed by atoms with E-state index in [4.69, 9.17) is 10.5 Å². The van der Waals surface area contributed by atoms with Crippen LogP contribution in [0.2, 0.25) is 0 Å². The number of carbonyl (C=O) groups is 2. The van der Waals surface area contributed by atoms with E-state index in [1.54, 1.807) is 0 Å². The van der Waals surface area contributed by atoms with Gasteiger partial charge in [-0.3, -0.25) is 9.59 Å². The Labute approximate surface area is 120 Å². The van der Waals surface area contributed by atoms with Gasteiger partial charge in [0.2, 0.25) is 11.8 Å². The summed E-state index contributed by atoms with van der Waals surface area (Å²) in [7, 11) is 0. The Morgan fingerprint density at radius 3 is 2.30 bits per heavy atom. The molecule has 2 aliphatic rings. The summed E-state index contributed by atoms with van der Waals surface area (Å²) in [5.41, 5.74) is 5.37. The van der Waals surface area contributed by atoms with Gasteiger partial charge in [-0.1, -0.05) is 26.7 Å². The van der Waals surface area contributed by atoms with E-state index in [2.05, 4.69) is 19.2 Å². The predicted octanol–water partition coefficient (Wildman–Crippen LogP) is 1.35. The fourth-order valence-corrected chi connectivity index (χ4v) is 3.46. The normalized spacial score (nSPS) is 31.6. The highest BCUT2D eigenvalue weighted by Gasteiger charge is 2.53. The first-order chi connectivity index (χ1) is 9.54. The van der Waals surface area contributed by atoms with Crippen LogP contribution in [0.25, 0.3) is 0 Å². The van der Waals surface area contributed by atoms with Gasteiger partial charge in [0.25, 0.3) is 0 Å². The number of ether oxygens (including phenoxy) is 1. The van der Waals surface area contributed by atoms with E-state index in [0.717, 1.165) is 38.5 Å². The van der Waals surface area contributed by atoms with Crippen LogP contribution in [0.15, 0.2) is 0 Å². The molecule has 0 spiro atoms. The lowest BCUT2D eigenvalue weighted by Gasteiger charge is -2.28. The molecule has 2 amide bonds. The molecule has 0 aromatic carbocycles. The van der Waals surface area contributed by atoms with Gasteiger partial charge in [-0.15, -0.1) is 0 Å². The third-order valence-electron chi connectivity index (χ3n) is 5.03. The molecular formula is C15H26N2O3. The van der Waals surface area contributed by atoms with E-state index in [1.165, 1.54) is 0 Å². The molecule has 3 N–H and O–H groups in total. The number of hydrogen-bond donors (Lipinski definition) is 2. The van der Waals surface area contributed by atoms with Crippen LogP contribution in [0.5, 0.6) is 0 Å². The highest BCUT2D eigenvalue weighted by Crippen LogP contribution is 2.42. The predicted molar refractivity (Wildman–Crippen MR) is 75.8 cm³/mol. The molecule has 1 heterocycles. The zero-order chi connectivity index (χ0) is 14.8. The van der Waals surface area contributed by atoms with E-state index in [1.807, 2.05) is 0 Å². The third-order valence-corrected chi connectivity index (χ3v) is 5.03. The van der Waals surface area contributed by atoms with Gasteiger partial charge in [0, 0.05) is 18.4 Å². The number of nitrogens with two attached hydrogens (primary N) is 1. The number of rotatable bonds is 6. The number of nitrogens with one attached hydrogen (secondary N) is 1. The average Bonchev–Trinajstić information content (AvgIpc) is 3.19. The molecule has 1 saturated carbocycles. The number of carbonyl (C=O) groups excluding carboxylic acids is 2. The lowest BCUT2D eigenvalue weighted by atomic mass is 9.78. The van der Waals surface area contributed by atoms with E-state index < -0.39 is 0 Å². The maximum atomic E-state index is 12.3. The summed E-state index contributed by atoms with van der Waals surface area (Å²) in [5.74, 6) is -0.933. The molecule has 20 heavy (non-hydrogen) atoms. The molecule has 3 unspecified atom stereocenters. The molecule has 0 aromatic rings. The van der Waals surface area contributed by atoms with Gasteiger partial charge in [0.05, 0.1) is 5.60 Å². The Morgan fingerprint density at radius 2 is 1.80 bits per heavy atom. The molecule has 1 aliphatic carbocycles. The summed E-state index contributed by atoms with van der Waals surface area (Å²) in [6.45, 7) is 4.76. The largest absolute Gasteiger partial charge is 0.369 e. The minimum Gasteiger partial charge on any atom is -0.369 e. The second kappa shape index (κ2) is 6.12. The van der Waals surface area contributed by atoms with E-state index >= 15 is 0 Å². The molecular weight excluding hydrogens is 256 g/mol. The minimum absolute atomic E-state index is 0.0369. The van der Waals surface area contributed by atoms with Crippen molar-refractivity contribution in [2.75, 3.05) is 6.54 Å². The first-order valence-corrected chi connectivity index (χ1v) is 7.79. The quantitative estimate of drug-likeness (QED) is 0.721. The lowest BCUT2D eigenvalue weighted by Crippen LogP contribution is -2.43. The van der Waals surface area contributed by atoms with Crippen molar-refractivity contribution < 1.29 is 14.3 Å². The maximum Gasteiger partial charge on any atom is 0.224 e. The topological polar surface area (TPSA) is 84.7 Å². The van der Waals surface area contributed by atoms with E-state index in [9.17, 15) is 9.59 Å². The van der Waals surface area contributed by atoms with Gasteiger partial charge >= 0.3 is 0 Å². The van der Waals surface area contributed by atoms with Crippen LogP contribution in [0, 0.1) is 11.8 Å². The summed E-state index contributed by atoms with van der Waals surface area (Å²) >= 11 is 0. The SMILES string of the molecule is CCC1(CC)OC1CNC(=O)C1CCCCC1C(N)=O. The molecule has 5 heteroatoms. The molecule has 0 radical (unpaired) electrons. The summed E-state index contributed by atoms with van der Waals surface area (Å²) in [5, 5.41) is 2.95. The number of epoxide rings is 1. The number of primary amides is 1. The monoisotopic (exact) mass is 282 g/mol. The first-order valence-electron chi connectivity index (χ1n) is 7.79. The second-order valence-electron chi connectivity index (χ2n) is 6.02. The summed E-state index contributed by atoms with van der Waals surface area (Å²) < 4.78 is 5.71. The fraction of sp³-hybridized carbons (Fsp3) is 0.867. The summed E-state index contributed by atoms with van der Waals surface area (Å²) in [6, 6.07) is 0. The van der Waals surface area contributed by atoms with Crippen molar-refractivity contribution in [3.05, 3.63) is 0 Å². The van der Waals surface area contributed by atoms with Crippen molar-refractivity contribution in [1.82, 2.24) is 5.32 Å². The van der Waals surface area contributed by atoms with E-state index in [0.29, 0.717) is 6.54 Å². The van der Waals surface area contributed by atoms with E-state index in [-0.39, 0.29) is 35.4 Å². The van der Waals surface area contributed by atoms with Crippen LogP contribution in [-0.2, 0) is 14.3 Å². The number of amides is 2. The Bertz CT molecular complexity index is 379. The highest BCUT2D eigenvalue weighted by atomic mass is 16.6.